The van der Waals surface area contributed by atoms with Crippen molar-refractivity contribution in [2.45, 2.75) is 12.5 Å². The molecule has 12 heavy (non-hydrogen) atoms. The maximum absolute atomic E-state index is 3.38. The first kappa shape index (κ1) is 10.3. The maximum Gasteiger partial charge on any atom is 0.0332 e. The lowest BCUT2D eigenvalue weighted by Gasteiger charge is -2.27. The van der Waals surface area contributed by atoms with E-state index in [2.05, 4.69) is 52.2 Å². The molecule has 1 heterocycles. The van der Waals surface area contributed by atoms with E-state index in [1.165, 1.54) is 22.1 Å². The lowest BCUT2D eigenvalue weighted by Crippen LogP contribution is -2.34. The molecule has 1 atom stereocenters. The van der Waals surface area contributed by atoms with Crippen molar-refractivity contribution in [3.8, 4) is 0 Å². The third-order valence-electron chi connectivity index (χ3n) is 2.10. The van der Waals surface area contributed by atoms with Crippen LogP contribution in [0.3, 0.4) is 0 Å². The highest BCUT2D eigenvalue weighted by atomic mass is 127. The summed E-state index contributed by atoms with van der Waals surface area (Å²) in [6.45, 7) is 1.18. The highest BCUT2D eigenvalue weighted by Crippen LogP contribution is 2.22. The molecule has 0 unspecified atom stereocenters. The van der Waals surface area contributed by atoms with Crippen LogP contribution in [-0.4, -0.2) is 6.54 Å². The second-order valence-corrected chi connectivity index (χ2v) is 4.09. The summed E-state index contributed by atoms with van der Waals surface area (Å²) in [6, 6.07) is 9.37. The van der Waals surface area contributed by atoms with Gasteiger partial charge >= 0.3 is 0 Å². The molecule has 3 heteroatoms. The van der Waals surface area contributed by atoms with Crippen molar-refractivity contribution in [2.24, 2.45) is 0 Å². The molecular formula is C9H11ClIN. The number of hydrogen-bond acceptors (Lipinski definition) is 1. The zero-order valence-corrected chi connectivity index (χ0v) is 9.56. The minimum atomic E-state index is 0. The SMILES string of the molecule is Cl.Ic1ccc([C@@H]2CCN2)cc1. The van der Waals surface area contributed by atoms with E-state index in [1.807, 2.05) is 0 Å². The molecule has 0 saturated carbocycles. The highest BCUT2D eigenvalue weighted by molar-refractivity contribution is 14.1. The fraction of sp³-hybridized carbons (Fsp3) is 0.333. The van der Waals surface area contributed by atoms with Gasteiger partial charge in [-0.3, -0.25) is 0 Å². The second kappa shape index (κ2) is 4.44. The first-order chi connectivity index (χ1) is 5.36. The number of hydrogen-bond donors (Lipinski definition) is 1. The molecule has 1 aromatic rings. The third-order valence-corrected chi connectivity index (χ3v) is 2.82. The molecule has 1 aliphatic heterocycles. The molecule has 0 aromatic heterocycles. The maximum atomic E-state index is 3.38. The normalized spacial score (nSPS) is 20.9. The monoisotopic (exact) mass is 295 g/mol. The van der Waals surface area contributed by atoms with Gasteiger partial charge in [0.05, 0.1) is 0 Å². The quantitative estimate of drug-likeness (QED) is 0.786. The van der Waals surface area contributed by atoms with Gasteiger partial charge in [0, 0.05) is 9.61 Å². The van der Waals surface area contributed by atoms with Gasteiger partial charge in [-0.2, -0.15) is 0 Å². The van der Waals surface area contributed by atoms with Gasteiger partial charge in [-0.05, 0) is 53.3 Å². The molecule has 0 radical (unpaired) electrons. The van der Waals surface area contributed by atoms with Crippen LogP contribution in [-0.2, 0) is 0 Å². The van der Waals surface area contributed by atoms with E-state index in [-0.39, 0.29) is 12.4 Å². The summed E-state index contributed by atoms with van der Waals surface area (Å²) in [5.41, 5.74) is 1.43. The van der Waals surface area contributed by atoms with E-state index < -0.39 is 0 Å². The van der Waals surface area contributed by atoms with E-state index in [4.69, 9.17) is 0 Å². The lowest BCUT2D eigenvalue weighted by atomic mass is 9.98. The first-order valence-electron chi connectivity index (χ1n) is 3.85. The van der Waals surface area contributed by atoms with Crippen LogP contribution in [0.1, 0.15) is 18.0 Å². The molecular weight excluding hydrogens is 284 g/mol. The minimum Gasteiger partial charge on any atom is -0.310 e. The Balaban J connectivity index is 0.000000720. The summed E-state index contributed by atoms with van der Waals surface area (Å²) < 4.78 is 1.31. The van der Waals surface area contributed by atoms with E-state index >= 15 is 0 Å². The molecule has 1 saturated heterocycles. The largest absolute Gasteiger partial charge is 0.310 e. The van der Waals surface area contributed by atoms with E-state index in [0.717, 1.165) is 0 Å². The van der Waals surface area contributed by atoms with Crippen molar-refractivity contribution in [1.29, 1.82) is 0 Å². The summed E-state index contributed by atoms with van der Waals surface area (Å²) in [5.74, 6) is 0. The van der Waals surface area contributed by atoms with Crippen LogP contribution in [0, 0.1) is 3.57 Å². The third kappa shape index (κ3) is 2.12. The molecule has 0 aliphatic carbocycles. The molecule has 0 bridgehead atoms. The summed E-state index contributed by atoms with van der Waals surface area (Å²) in [4.78, 5) is 0. The summed E-state index contributed by atoms with van der Waals surface area (Å²) in [5, 5.41) is 3.38. The van der Waals surface area contributed by atoms with Gasteiger partial charge in [0.2, 0.25) is 0 Å². The predicted molar refractivity (Wildman–Crippen MR) is 61.8 cm³/mol. The highest BCUT2D eigenvalue weighted by Gasteiger charge is 2.17. The standard InChI is InChI=1S/C9H10IN.ClH/c10-8-3-1-7(2-4-8)9-5-6-11-9;/h1-4,9,11H,5-6H2;1H/t9-;/m0./s1. The van der Waals surface area contributed by atoms with Crippen LogP contribution in [0.15, 0.2) is 24.3 Å². The molecule has 0 amide bonds. The lowest BCUT2D eigenvalue weighted by molar-refractivity contribution is 0.383. The molecule has 1 N–H and O–H groups in total. The van der Waals surface area contributed by atoms with Crippen LogP contribution in [0.2, 0.25) is 0 Å². The Bertz CT molecular complexity index is 243. The Labute approximate surface area is 92.5 Å². The zero-order valence-electron chi connectivity index (χ0n) is 6.59. The van der Waals surface area contributed by atoms with Crippen molar-refractivity contribution < 1.29 is 0 Å². The van der Waals surface area contributed by atoms with Crippen molar-refractivity contribution in [3.05, 3.63) is 33.4 Å². The average molecular weight is 296 g/mol. The van der Waals surface area contributed by atoms with Gasteiger partial charge in [-0.15, -0.1) is 12.4 Å². The van der Waals surface area contributed by atoms with Crippen LogP contribution in [0.4, 0.5) is 0 Å². The van der Waals surface area contributed by atoms with Crippen LogP contribution >= 0.6 is 35.0 Å². The van der Waals surface area contributed by atoms with Gasteiger partial charge in [0.1, 0.15) is 0 Å². The topological polar surface area (TPSA) is 12.0 Å². The average Bonchev–Trinajstić information content (AvgIpc) is 1.90. The molecule has 2 rings (SSSR count). The number of rotatable bonds is 1. The molecule has 0 spiro atoms. The molecule has 66 valence electrons. The molecule has 1 fully saturated rings. The second-order valence-electron chi connectivity index (χ2n) is 2.85. The summed E-state index contributed by atoms with van der Waals surface area (Å²) >= 11 is 2.33. The number of halogens is 2. The van der Waals surface area contributed by atoms with E-state index in [9.17, 15) is 0 Å². The minimum absolute atomic E-state index is 0. The Morgan fingerprint density at radius 2 is 1.83 bits per heavy atom. The van der Waals surface area contributed by atoms with Crippen molar-refractivity contribution in [3.63, 3.8) is 0 Å². The first-order valence-corrected chi connectivity index (χ1v) is 4.93. The molecule has 1 aliphatic rings. The Kier molecular flexibility index (Phi) is 3.80. The van der Waals surface area contributed by atoms with E-state index in [0.29, 0.717) is 6.04 Å². The summed E-state index contributed by atoms with van der Waals surface area (Å²) in [7, 11) is 0. The van der Waals surface area contributed by atoms with Crippen molar-refractivity contribution >= 4 is 35.0 Å². The van der Waals surface area contributed by atoms with Crippen LogP contribution in [0.5, 0.6) is 0 Å². The fourth-order valence-corrected chi connectivity index (χ4v) is 1.63. The fourth-order valence-electron chi connectivity index (χ4n) is 1.27. The Hall–Kier alpha value is 0.200. The zero-order chi connectivity index (χ0) is 7.68. The van der Waals surface area contributed by atoms with Gasteiger partial charge in [-0.25, -0.2) is 0 Å². The van der Waals surface area contributed by atoms with E-state index in [1.54, 1.807) is 0 Å². The van der Waals surface area contributed by atoms with Gasteiger partial charge in [0.25, 0.3) is 0 Å². The Morgan fingerprint density at radius 1 is 1.25 bits per heavy atom. The van der Waals surface area contributed by atoms with Gasteiger partial charge < -0.3 is 5.32 Å². The van der Waals surface area contributed by atoms with Crippen molar-refractivity contribution in [1.82, 2.24) is 5.32 Å². The number of benzene rings is 1. The summed E-state index contributed by atoms with van der Waals surface area (Å²) in [6.07, 6.45) is 1.29. The molecule has 1 aromatic carbocycles. The Morgan fingerprint density at radius 3 is 2.25 bits per heavy atom. The van der Waals surface area contributed by atoms with Gasteiger partial charge in [-0.1, -0.05) is 12.1 Å². The van der Waals surface area contributed by atoms with Crippen LogP contribution in [0.25, 0.3) is 0 Å². The van der Waals surface area contributed by atoms with Gasteiger partial charge in [0.15, 0.2) is 0 Å². The smallest absolute Gasteiger partial charge is 0.0332 e. The van der Waals surface area contributed by atoms with Crippen molar-refractivity contribution in [2.75, 3.05) is 6.54 Å². The predicted octanol–water partition coefficient (Wildman–Crippen LogP) is 2.75. The number of nitrogens with one attached hydrogen (secondary N) is 1. The van der Waals surface area contributed by atoms with Crippen LogP contribution < -0.4 is 5.32 Å². The molecule has 1 nitrogen and oxygen atoms in total.